The van der Waals surface area contributed by atoms with Gasteiger partial charge in [-0.15, -0.1) is 0 Å². The topological polar surface area (TPSA) is 177 Å². The largest absolute Gasteiger partial charge is 0.460 e. The normalized spacial score (nSPS) is 17.0. The number of nitrogens with zero attached hydrogens (tertiary/aromatic N) is 1. The number of amides is 2. The van der Waals surface area contributed by atoms with Crippen LogP contribution in [0.5, 0.6) is 0 Å². The van der Waals surface area contributed by atoms with E-state index in [0.717, 1.165) is 10.0 Å². The molecule has 12 heteroatoms. The number of halogens is 1. The lowest BCUT2D eigenvalue weighted by atomic mass is 10.0. The predicted octanol–water partition coefficient (Wildman–Crippen LogP) is 2.03. The number of aliphatic hydroxyl groups is 2. The van der Waals surface area contributed by atoms with Crippen molar-refractivity contribution < 1.29 is 34.1 Å². The molecule has 1 aromatic rings. The van der Waals surface area contributed by atoms with Gasteiger partial charge < -0.3 is 41.4 Å². The quantitative estimate of drug-likeness (QED) is 0.164. The molecule has 0 bridgehead atoms. The van der Waals surface area contributed by atoms with Gasteiger partial charge >= 0.3 is 5.97 Å². The number of carbonyl (C=O) groups excluding carboxylic acids is 3. The maximum atomic E-state index is 13.3. The molecule has 1 heterocycles. The average molecular weight is 616 g/mol. The predicted molar refractivity (Wildman–Crippen MR) is 149 cm³/mol. The molecule has 0 aliphatic carbocycles. The standard InChI is InChI=1S/C27H43BrN4O7/c1-26(2,3)38-21(33)9-7-19(23(29)35)31-13-15-11-17-16(12-18(15)28)14-32(25(17)37)20(24(30)36)8-10-22(34)39-27(4,5)6/h11-12,19-20,22,24,31,34,36H,7-10,13-14,30H2,1-6H3,(H2,29,35)/t19-,20+,22+,24+/m0/s1. The first-order valence-electron chi connectivity index (χ1n) is 13.0. The molecule has 2 amide bonds. The molecule has 220 valence electrons. The minimum atomic E-state index is -1.31. The van der Waals surface area contributed by atoms with Gasteiger partial charge in [0.25, 0.3) is 5.91 Å². The molecule has 2 rings (SSSR count). The van der Waals surface area contributed by atoms with Gasteiger partial charge in [0.05, 0.1) is 17.7 Å². The first-order chi connectivity index (χ1) is 17.9. The van der Waals surface area contributed by atoms with Crippen LogP contribution in [0.3, 0.4) is 0 Å². The van der Waals surface area contributed by atoms with E-state index >= 15 is 0 Å². The molecule has 1 aromatic carbocycles. The molecular formula is C27H43BrN4O7. The third-order valence-corrected chi connectivity index (χ3v) is 6.78. The summed E-state index contributed by atoms with van der Waals surface area (Å²) in [7, 11) is 0. The molecule has 0 unspecified atom stereocenters. The molecule has 4 atom stereocenters. The van der Waals surface area contributed by atoms with Crippen molar-refractivity contribution in [3.8, 4) is 0 Å². The van der Waals surface area contributed by atoms with Gasteiger partial charge in [-0.25, -0.2) is 0 Å². The number of hydrogen-bond acceptors (Lipinski definition) is 9. The Labute approximate surface area is 238 Å². The number of carbonyl (C=O) groups is 3. The minimum Gasteiger partial charge on any atom is -0.460 e. The Morgan fingerprint density at radius 3 is 2.28 bits per heavy atom. The number of rotatable bonds is 13. The van der Waals surface area contributed by atoms with Crippen LogP contribution >= 0.6 is 15.9 Å². The van der Waals surface area contributed by atoms with E-state index in [2.05, 4.69) is 21.2 Å². The monoisotopic (exact) mass is 614 g/mol. The Morgan fingerprint density at radius 1 is 1.10 bits per heavy atom. The summed E-state index contributed by atoms with van der Waals surface area (Å²) in [6.45, 7) is 11.2. The number of hydrogen-bond donors (Lipinski definition) is 5. The first-order valence-corrected chi connectivity index (χ1v) is 13.8. The van der Waals surface area contributed by atoms with E-state index < -0.39 is 47.7 Å². The SMILES string of the molecule is CC(C)(C)OC(=O)CC[C@H](NCc1cc2c(cc1Br)CN([C@H](CC[C@H](O)OC(C)(C)C)[C@H](N)O)C2=O)C(N)=O. The van der Waals surface area contributed by atoms with Gasteiger partial charge in [-0.05, 0) is 77.6 Å². The summed E-state index contributed by atoms with van der Waals surface area (Å²) in [6, 6.07) is 2.04. The van der Waals surface area contributed by atoms with Crippen LogP contribution in [0, 0.1) is 0 Å². The summed E-state index contributed by atoms with van der Waals surface area (Å²) in [4.78, 5) is 38.9. The molecule has 0 aromatic heterocycles. The number of nitrogens with one attached hydrogen (secondary N) is 1. The number of fused-ring (bicyclic) bond motifs is 1. The van der Waals surface area contributed by atoms with Crippen LogP contribution in [0.4, 0.5) is 0 Å². The van der Waals surface area contributed by atoms with Crippen LogP contribution in [-0.2, 0) is 32.2 Å². The van der Waals surface area contributed by atoms with Crippen LogP contribution in [-0.4, -0.2) is 68.7 Å². The molecule has 39 heavy (non-hydrogen) atoms. The van der Waals surface area contributed by atoms with Gasteiger partial charge in [-0.1, -0.05) is 15.9 Å². The van der Waals surface area contributed by atoms with Crippen molar-refractivity contribution in [1.29, 1.82) is 0 Å². The number of nitrogens with two attached hydrogens (primary N) is 2. The number of esters is 1. The lowest BCUT2D eigenvalue weighted by Crippen LogP contribution is -2.48. The first kappa shape index (κ1) is 33.1. The second-order valence-electron chi connectivity index (χ2n) is 11.8. The fourth-order valence-corrected chi connectivity index (χ4v) is 4.86. The third-order valence-electron chi connectivity index (χ3n) is 6.04. The highest BCUT2D eigenvalue weighted by Crippen LogP contribution is 2.32. The Balaban J connectivity index is 2.08. The minimum absolute atomic E-state index is 0.0228. The van der Waals surface area contributed by atoms with E-state index in [1.807, 2.05) is 26.8 Å². The van der Waals surface area contributed by atoms with E-state index in [-0.39, 0.29) is 44.7 Å². The second-order valence-corrected chi connectivity index (χ2v) is 12.7. The van der Waals surface area contributed by atoms with Gasteiger partial charge in [0.15, 0.2) is 6.29 Å². The van der Waals surface area contributed by atoms with Gasteiger partial charge in [0.2, 0.25) is 5.91 Å². The van der Waals surface area contributed by atoms with E-state index in [0.29, 0.717) is 11.1 Å². The Hall–Kier alpha value is -2.09. The molecule has 0 radical (unpaired) electrons. The van der Waals surface area contributed by atoms with Crippen molar-refractivity contribution in [1.82, 2.24) is 10.2 Å². The Bertz CT molecular complexity index is 1040. The van der Waals surface area contributed by atoms with E-state index in [4.69, 9.17) is 20.9 Å². The Kier molecular flexibility index (Phi) is 11.5. The van der Waals surface area contributed by atoms with Gasteiger partial charge in [-0.2, -0.15) is 0 Å². The van der Waals surface area contributed by atoms with Crippen LogP contribution in [0.25, 0.3) is 0 Å². The smallest absolute Gasteiger partial charge is 0.306 e. The molecule has 0 spiro atoms. The van der Waals surface area contributed by atoms with Gasteiger partial charge in [0, 0.05) is 36.0 Å². The van der Waals surface area contributed by atoms with Crippen LogP contribution in [0.1, 0.15) is 88.7 Å². The second kappa shape index (κ2) is 13.5. The van der Waals surface area contributed by atoms with Crippen molar-refractivity contribution >= 4 is 33.7 Å². The molecule has 7 N–H and O–H groups in total. The summed E-state index contributed by atoms with van der Waals surface area (Å²) in [6.07, 6.45) is -1.76. The summed E-state index contributed by atoms with van der Waals surface area (Å²) in [5, 5.41) is 23.5. The van der Waals surface area contributed by atoms with Crippen LogP contribution in [0.15, 0.2) is 16.6 Å². The molecule has 0 saturated carbocycles. The summed E-state index contributed by atoms with van der Waals surface area (Å²) < 4.78 is 11.5. The molecule has 11 nitrogen and oxygen atoms in total. The fourth-order valence-electron chi connectivity index (χ4n) is 4.33. The number of primary amides is 1. The fraction of sp³-hybridized carbons (Fsp3) is 0.667. The zero-order valence-corrected chi connectivity index (χ0v) is 25.2. The van der Waals surface area contributed by atoms with Crippen molar-refractivity contribution in [3.05, 3.63) is 33.3 Å². The highest BCUT2D eigenvalue weighted by atomic mass is 79.9. The van der Waals surface area contributed by atoms with Crippen LogP contribution in [0.2, 0.25) is 0 Å². The summed E-state index contributed by atoms with van der Waals surface area (Å²) in [5.74, 6) is -1.32. The molecule has 0 fully saturated rings. The molecular weight excluding hydrogens is 572 g/mol. The van der Waals surface area contributed by atoms with Gasteiger partial charge in [-0.3, -0.25) is 14.4 Å². The number of benzene rings is 1. The zero-order chi connectivity index (χ0) is 29.7. The highest BCUT2D eigenvalue weighted by Gasteiger charge is 2.36. The maximum Gasteiger partial charge on any atom is 0.306 e. The van der Waals surface area contributed by atoms with Crippen molar-refractivity contribution in [2.75, 3.05) is 0 Å². The highest BCUT2D eigenvalue weighted by molar-refractivity contribution is 9.10. The lowest BCUT2D eigenvalue weighted by Gasteiger charge is -2.31. The van der Waals surface area contributed by atoms with Crippen LogP contribution < -0.4 is 16.8 Å². The molecule has 1 aliphatic rings. The van der Waals surface area contributed by atoms with E-state index in [1.165, 1.54) is 4.90 Å². The summed E-state index contributed by atoms with van der Waals surface area (Å²) in [5.41, 5.74) is 12.1. The Morgan fingerprint density at radius 2 is 1.74 bits per heavy atom. The van der Waals surface area contributed by atoms with Crippen molar-refractivity contribution in [3.63, 3.8) is 0 Å². The maximum absolute atomic E-state index is 13.3. The lowest BCUT2D eigenvalue weighted by molar-refractivity contribution is -0.170. The molecule has 0 saturated heterocycles. The summed E-state index contributed by atoms with van der Waals surface area (Å²) >= 11 is 3.53. The number of aliphatic hydroxyl groups excluding tert-OH is 2. The van der Waals surface area contributed by atoms with Gasteiger partial charge in [0.1, 0.15) is 11.8 Å². The van der Waals surface area contributed by atoms with Crippen molar-refractivity contribution in [2.45, 2.75) is 116 Å². The number of ether oxygens (including phenoxy) is 2. The zero-order valence-electron chi connectivity index (χ0n) is 23.6. The third kappa shape index (κ3) is 10.4. The van der Waals surface area contributed by atoms with E-state index in [9.17, 15) is 24.6 Å². The van der Waals surface area contributed by atoms with Crippen molar-refractivity contribution in [2.24, 2.45) is 11.5 Å². The van der Waals surface area contributed by atoms with E-state index in [1.54, 1.807) is 26.8 Å². The molecule has 1 aliphatic heterocycles. The average Bonchev–Trinajstić information content (AvgIpc) is 3.05.